The van der Waals surface area contributed by atoms with Gasteiger partial charge < -0.3 is 14.8 Å². The zero-order chi connectivity index (χ0) is 21.4. The van der Waals surface area contributed by atoms with Crippen molar-refractivity contribution in [3.05, 3.63) is 68.1 Å². The maximum atomic E-state index is 12.4. The van der Waals surface area contributed by atoms with Gasteiger partial charge in [-0.2, -0.15) is 0 Å². The predicted octanol–water partition coefficient (Wildman–Crippen LogP) is 2.91. The summed E-state index contributed by atoms with van der Waals surface area (Å²) in [5.74, 6) is 0.103. The molecule has 0 radical (unpaired) electrons. The number of anilines is 1. The highest BCUT2D eigenvalue weighted by atomic mass is 16.6. The molecule has 2 bridgehead atoms. The lowest BCUT2D eigenvalue weighted by atomic mass is 9.83. The maximum absolute atomic E-state index is 12.4. The molecule has 0 aliphatic carbocycles. The van der Waals surface area contributed by atoms with E-state index in [2.05, 4.69) is 5.32 Å². The third-order valence-corrected chi connectivity index (χ3v) is 6.24. The highest BCUT2D eigenvalue weighted by Gasteiger charge is 2.36. The maximum Gasteiger partial charge on any atom is 0.293 e. The molecule has 1 amide bonds. The van der Waals surface area contributed by atoms with E-state index in [9.17, 15) is 19.7 Å². The zero-order valence-corrected chi connectivity index (χ0v) is 17.2. The number of pyridine rings is 1. The SMILES string of the molecule is CCC(C)NC(=O)c1ccc(N2CC3CC(C2)c2cccc(=O)n2C3)c([N+](=O)[O-])c1. The van der Waals surface area contributed by atoms with Gasteiger partial charge in [0, 0.05) is 55.0 Å². The molecule has 4 rings (SSSR count). The number of nitrogens with one attached hydrogen (secondary N) is 1. The molecule has 2 aromatic rings. The van der Waals surface area contributed by atoms with Crippen molar-refractivity contribution in [2.75, 3.05) is 18.0 Å². The van der Waals surface area contributed by atoms with Crippen molar-refractivity contribution in [1.82, 2.24) is 9.88 Å². The fourth-order valence-electron chi connectivity index (χ4n) is 4.58. The minimum absolute atomic E-state index is 0.00109. The summed E-state index contributed by atoms with van der Waals surface area (Å²) in [6, 6.07) is 10.0. The molecule has 1 N–H and O–H groups in total. The van der Waals surface area contributed by atoms with E-state index >= 15 is 0 Å². The first kappa shape index (κ1) is 20.1. The number of nitrogens with zero attached hydrogens (tertiary/aromatic N) is 3. The van der Waals surface area contributed by atoms with Crippen LogP contribution in [0.2, 0.25) is 0 Å². The van der Waals surface area contributed by atoms with Crippen LogP contribution >= 0.6 is 0 Å². The zero-order valence-electron chi connectivity index (χ0n) is 17.2. The molecule has 1 saturated heterocycles. The number of hydrogen-bond acceptors (Lipinski definition) is 5. The minimum Gasteiger partial charge on any atom is -0.365 e. The first-order chi connectivity index (χ1) is 14.4. The van der Waals surface area contributed by atoms with Gasteiger partial charge in [-0.1, -0.05) is 13.0 Å². The van der Waals surface area contributed by atoms with Crippen molar-refractivity contribution in [2.24, 2.45) is 5.92 Å². The Balaban J connectivity index is 1.64. The van der Waals surface area contributed by atoms with Crippen LogP contribution in [-0.4, -0.2) is 34.5 Å². The fraction of sp³-hybridized carbons (Fsp3) is 0.455. The molecule has 1 aromatic carbocycles. The van der Waals surface area contributed by atoms with Crippen molar-refractivity contribution >= 4 is 17.3 Å². The summed E-state index contributed by atoms with van der Waals surface area (Å²) in [7, 11) is 0. The van der Waals surface area contributed by atoms with Crippen LogP contribution in [0.25, 0.3) is 0 Å². The number of nitro groups is 1. The van der Waals surface area contributed by atoms with Crippen molar-refractivity contribution < 1.29 is 9.72 Å². The molecular weight excluding hydrogens is 384 g/mol. The number of nitro benzene ring substituents is 1. The second-order valence-electron chi connectivity index (χ2n) is 8.35. The van der Waals surface area contributed by atoms with Crippen molar-refractivity contribution in [3.63, 3.8) is 0 Å². The van der Waals surface area contributed by atoms with Gasteiger partial charge in [-0.15, -0.1) is 0 Å². The number of aromatic nitrogens is 1. The first-order valence-electron chi connectivity index (χ1n) is 10.4. The predicted molar refractivity (Wildman–Crippen MR) is 114 cm³/mol. The lowest BCUT2D eigenvalue weighted by Crippen LogP contribution is -2.47. The Morgan fingerprint density at radius 1 is 1.27 bits per heavy atom. The summed E-state index contributed by atoms with van der Waals surface area (Å²) in [5, 5.41) is 14.7. The Labute approximate surface area is 174 Å². The van der Waals surface area contributed by atoms with Gasteiger partial charge in [0.2, 0.25) is 0 Å². The third kappa shape index (κ3) is 3.69. The molecule has 0 spiro atoms. The van der Waals surface area contributed by atoms with Crippen LogP contribution in [0.15, 0.2) is 41.2 Å². The van der Waals surface area contributed by atoms with Crippen molar-refractivity contribution in [1.29, 1.82) is 0 Å². The quantitative estimate of drug-likeness (QED) is 0.604. The average molecular weight is 410 g/mol. The number of hydrogen-bond donors (Lipinski definition) is 1. The smallest absolute Gasteiger partial charge is 0.293 e. The summed E-state index contributed by atoms with van der Waals surface area (Å²) in [4.78, 5) is 38.1. The van der Waals surface area contributed by atoms with E-state index in [-0.39, 0.29) is 35.0 Å². The van der Waals surface area contributed by atoms with Crippen LogP contribution in [0.5, 0.6) is 0 Å². The number of carbonyl (C=O) groups is 1. The van der Waals surface area contributed by atoms with Gasteiger partial charge in [0.1, 0.15) is 5.69 Å². The van der Waals surface area contributed by atoms with E-state index in [1.54, 1.807) is 24.3 Å². The molecule has 8 nitrogen and oxygen atoms in total. The second kappa shape index (κ2) is 7.93. The summed E-state index contributed by atoms with van der Waals surface area (Å²) in [5.41, 5.74) is 1.77. The fourth-order valence-corrected chi connectivity index (χ4v) is 4.58. The Morgan fingerprint density at radius 3 is 2.80 bits per heavy atom. The summed E-state index contributed by atoms with van der Waals surface area (Å²) in [6.07, 6.45) is 1.76. The molecule has 1 fully saturated rings. The molecule has 3 heterocycles. The highest BCUT2D eigenvalue weighted by Crippen LogP contribution is 2.39. The topological polar surface area (TPSA) is 97.5 Å². The number of carbonyl (C=O) groups excluding carboxylic acids is 1. The van der Waals surface area contributed by atoms with E-state index < -0.39 is 4.92 Å². The van der Waals surface area contributed by atoms with Gasteiger partial charge in [0.15, 0.2) is 0 Å². The number of piperidine rings is 1. The Hall–Kier alpha value is -3.16. The molecule has 3 atom stereocenters. The van der Waals surface area contributed by atoms with Crippen LogP contribution < -0.4 is 15.8 Å². The lowest BCUT2D eigenvalue weighted by molar-refractivity contribution is -0.384. The Bertz CT molecular complexity index is 1050. The molecule has 1 aromatic heterocycles. The molecule has 158 valence electrons. The molecule has 30 heavy (non-hydrogen) atoms. The van der Waals surface area contributed by atoms with Crippen molar-refractivity contribution in [2.45, 2.75) is 45.2 Å². The van der Waals surface area contributed by atoms with Crippen LogP contribution in [0, 0.1) is 16.0 Å². The van der Waals surface area contributed by atoms with Crippen LogP contribution in [0.1, 0.15) is 48.7 Å². The summed E-state index contributed by atoms with van der Waals surface area (Å²) >= 11 is 0. The largest absolute Gasteiger partial charge is 0.365 e. The van der Waals surface area contributed by atoms with Gasteiger partial charge in [-0.25, -0.2) is 0 Å². The van der Waals surface area contributed by atoms with E-state index in [0.29, 0.717) is 30.9 Å². The number of fused-ring (bicyclic) bond motifs is 4. The van der Waals surface area contributed by atoms with Gasteiger partial charge in [0.05, 0.1) is 4.92 Å². The lowest BCUT2D eigenvalue weighted by Gasteiger charge is -2.43. The normalized spacial score (nSPS) is 20.9. The molecule has 3 unspecified atom stereocenters. The van der Waals surface area contributed by atoms with E-state index in [0.717, 1.165) is 18.5 Å². The van der Waals surface area contributed by atoms with E-state index in [4.69, 9.17) is 0 Å². The van der Waals surface area contributed by atoms with E-state index in [1.165, 1.54) is 6.07 Å². The van der Waals surface area contributed by atoms with Gasteiger partial charge in [-0.05, 0) is 43.9 Å². The van der Waals surface area contributed by atoms with Crippen LogP contribution in [0.4, 0.5) is 11.4 Å². The Kier molecular flexibility index (Phi) is 5.32. The molecule has 0 saturated carbocycles. The van der Waals surface area contributed by atoms with Crippen LogP contribution in [0.3, 0.4) is 0 Å². The molecular formula is C22H26N4O4. The number of rotatable bonds is 5. The summed E-state index contributed by atoms with van der Waals surface area (Å²) < 4.78 is 1.84. The molecule has 8 heteroatoms. The number of amides is 1. The van der Waals surface area contributed by atoms with Gasteiger partial charge in [0.25, 0.3) is 17.2 Å². The van der Waals surface area contributed by atoms with Crippen LogP contribution in [-0.2, 0) is 6.54 Å². The highest BCUT2D eigenvalue weighted by molar-refractivity contribution is 5.96. The van der Waals surface area contributed by atoms with Gasteiger partial charge >= 0.3 is 0 Å². The Morgan fingerprint density at radius 2 is 2.07 bits per heavy atom. The average Bonchev–Trinajstić information content (AvgIpc) is 2.73. The van der Waals surface area contributed by atoms with Gasteiger partial charge in [-0.3, -0.25) is 19.7 Å². The first-order valence-corrected chi connectivity index (χ1v) is 10.4. The molecule has 2 aliphatic rings. The molecule has 2 aliphatic heterocycles. The summed E-state index contributed by atoms with van der Waals surface area (Å²) in [6.45, 7) is 5.76. The monoisotopic (exact) mass is 410 g/mol. The second-order valence-corrected chi connectivity index (χ2v) is 8.35. The standard InChI is InChI=1S/C22H26N4O4/c1-3-14(2)23-22(28)16-7-8-19(20(10-16)26(29)30)24-11-15-9-17(13-24)18-5-4-6-21(27)25(18)12-15/h4-8,10,14-15,17H,3,9,11-13H2,1-2H3,(H,23,28). The minimum atomic E-state index is -0.418. The third-order valence-electron chi connectivity index (χ3n) is 6.24. The van der Waals surface area contributed by atoms with E-state index in [1.807, 2.05) is 29.4 Å². The number of benzene rings is 1. The van der Waals surface area contributed by atoms with Crippen molar-refractivity contribution in [3.8, 4) is 0 Å².